The van der Waals surface area contributed by atoms with Gasteiger partial charge in [-0.2, -0.15) is 0 Å². The van der Waals surface area contributed by atoms with Crippen LogP contribution in [-0.4, -0.2) is 72.5 Å². The minimum atomic E-state index is -0.559. The van der Waals surface area contributed by atoms with Gasteiger partial charge in [0.1, 0.15) is 5.60 Å². The Morgan fingerprint density at radius 1 is 1.15 bits per heavy atom. The van der Waals surface area contributed by atoms with Crippen LogP contribution in [-0.2, 0) is 25.5 Å². The third-order valence-electron chi connectivity index (χ3n) is 5.51. The van der Waals surface area contributed by atoms with Crippen LogP contribution in [0.2, 0.25) is 0 Å². The molecule has 1 aliphatic rings. The number of hydrogen-bond donors (Lipinski definition) is 0. The summed E-state index contributed by atoms with van der Waals surface area (Å²) in [4.78, 5) is 29.0. The molecular weight excluding hydrogens is 420 g/mol. The van der Waals surface area contributed by atoms with Gasteiger partial charge in [-0.05, 0) is 46.1 Å². The molecule has 1 fully saturated rings. The van der Waals surface area contributed by atoms with Crippen LogP contribution in [0.4, 0.5) is 4.79 Å². The summed E-state index contributed by atoms with van der Waals surface area (Å²) in [7, 11) is 0. The van der Waals surface area contributed by atoms with Gasteiger partial charge in [0.15, 0.2) is 0 Å². The quantitative estimate of drug-likeness (QED) is 0.333. The van der Waals surface area contributed by atoms with Gasteiger partial charge in [-0.15, -0.1) is 0 Å². The molecule has 0 radical (unpaired) electrons. The lowest BCUT2D eigenvalue weighted by molar-refractivity contribution is -0.143. The molecule has 7 heteroatoms. The maximum absolute atomic E-state index is 13.0. The lowest BCUT2D eigenvalue weighted by Gasteiger charge is -2.32. The molecule has 2 unspecified atom stereocenters. The molecule has 7 nitrogen and oxygen atoms in total. The molecule has 2 rings (SSSR count). The highest BCUT2D eigenvalue weighted by Crippen LogP contribution is 2.25. The minimum Gasteiger partial charge on any atom is -0.466 e. The van der Waals surface area contributed by atoms with Gasteiger partial charge in [0.05, 0.1) is 31.7 Å². The number of carbonyl (C=O) groups is 2. The van der Waals surface area contributed by atoms with Crippen molar-refractivity contribution in [2.45, 2.75) is 84.6 Å². The van der Waals surface area contributed by atoms with Crippen molar-refractivity contribution in [2.75, 3.05) is 32.8 Å². The summed E-state index contributed by atoms with van der Waals surface area (Å²) in [6, 6.07) is 10.1. The summed E-state index contributed by atoms with van der Waals surface area (Å²) in [6.45, 7) is 13.1. The van der Waals surface area contributed by atoms with Crippen molar-refractivity contribution >= 4 is 12.1 Å². The first-order valence-electron chi connectivity index (χ1n) is 12.2. The van der Waals surface area contributed by atoms with Crippen LogP contribution in [0.3, 0.4) is 0 Å². The van der Waals surface area contributed by atoms with E-state index in [1.807, 2.05) is 50.8 Å². The average Bonchev–Trinajstić information content (AvgIpc) is 3.15. The first-order chi connectivity index (χ1) is 15.7. The molecule has 1 saturated heterocycles. The number of rotatable bonds is 12. The van der Waals surface area contributed by atoms with E-state index in [1.165, 1.54) is 5.56 Å². The maximum Gasteiger partial charge on any atom is 0.410 e. The molecule has 1 amide bonds. The molecular formula is C26H42N2O5. The average molecular weight is 463 g/mol. The number of unbranched alkanes of at least 4 members (excludes halogenated alkanes) is 1. The van der Waals surface area contributed by atoms with Crippen molar-refractivity contribution < 1.29 is 23.8 Å². The molecule has 2 atom stereocenters. The number of amides is 1. The fraction of sp³-hybridized carbons (Fsp3) is 0.692. The first-order valence-corrected chi connectivity index (χ1v) is 12.2. The van der Waals surface area contributed by atoms with Gasteiger partial charge in [-0.25, -0.2) is 4.79 Å². The largest absolute Gasteiger partial charge is 0.466 e. The van der Waals surface area contributed by atoms with Crippen molar-refractivity contribution in [3.8, 4) is 0 Å². The number of esters is 1. The second kappa shape index (κ2) is 13.6. The Kier molecular flexibility index (Phi) is 11.1. The Morgan fingerprint density at radius 3 is 2.52 bits per heavy atom. The maximum atomic E-state index is 13.0. The summed E-state index contributed by atoms with van der Waals surface area (Å²) in [6.07, 6.45) is 2.85. The van der Waals surface area contributed by atoms with E-state index in [4.69, 9.17) is 14.2 Å². The van der Waals surface area contributed by atoms with Crippen molar-refractivity contribution in [1.82, 2.24) is 9.80 Å². The second-order valence-corrected chi connectivity index (χ2v) is 9.64. The van der Waals surface area contributed by atoms with Crippen LogP contribution < -0.4 is 0 Å². The van der Waals surface area contributed by atoms with E-state index < -0.39 is 5.60 Å². The number of carbonyl (C=O) groups excluding carboxylic acids is 2. The van der Waals surface area contributed by atoms with Crippen molar-refractivity contribution in [3.63, 3.8) is 0 Å². The van der Waals surface area contributed by atoms with Gasteiger partial charge in [-0.1, -0.05) is 43.7 Å². The molecule has 0 aromatic heterocycles. The molecule has 0 N–H and O–H groups in total. The Bertz CT molecular complexity index is 719. The van der Waals surface area contributed by atoms with Crippen LogP contribution in [0.25, 0.3) is 0 Å². The summed E-state index contributed by atoms with van der Waals surface area (Å²) >= 11 is 0. The lowest BCUT2D eigenvalue weighted by Crippen LogP contribution is -2.45. The smallest absolute Gasteiger partial charge is 0.410 e. The summed E-state index contributed by atoms with van der Waals surface area (Å²) < 4.78 is 16.9. The standard InChI is InChI=1S/C26H42N2O5/c1-6-8-16-32-23-17-22(28(20-23)25(30)33-26(3,4)5)19-27(15-14-24(29)31-7-2)18-21-12-10-9-11-13-21/h9-13,22-23H,6-8,14-20H2,1-5H3. The third kappa shape index (κ3) is 10.1. The van der Waals surface area contributed by atoms with Gasteiger partial charge in [0, 0.05) is 26.2 Å². The highest BCUT2D eigenvalue weighted by molar-refractivity contribution is 5.70. The van der Waals surface area contributed by atoms with E-state index in [2.05, 4.69) is 24.0 Å². The fourth-order valence-electron chi connectivity index (χ4n) is 3.96. The van der Waals surface area contributed by atoms with Crippen LogP contribution in [0.5, 0.6) is 0 Å². The van der Waals surface area contributed by atoms with Crippen LogP contribution in [0.15, 0.2) is 30.3 Å². The summed E-state index contributed by atoms with van der Waals surface area (Å²) in [5.41, 5.74) is 0.607. The van der Waals surface area contributed by atoms with Gasteiger partial charge in [0.25, 0.3) is 0 Å². The zero-order valence-electron chi connectivity index (χ0n) is 21.0. The Morgan fingerprint density at radius 2 is 1.88 bits per heavy atom. The van der Waals surface area contributed by atoms with Crippen molar-refractivity contribution in [3.05, 3.63) is 35.9 Å². The van der Waals surface area contributed by atoms with Crippen LogP contribution in [0, 0.1) is 0 Å². The highest BCUT2D eigenvalue weighted by atomic mass is 16.6. The monoisotopic (exact) mass is 462 g/mol. The minimum absolute atomic E-state index is 0.00213. The van der Waals surface area contributed by atoms with Crippen molar-refractivity contribution in [2.24, 2.45) is 0 Å². The number of likely N-dealkylation sites (tertiary alicyclic amines) is 1. The SMILES string of the molecule is CCCCOC1CC(CN(CCC(=O)OCC)Cc2ccccc2)N(C(=O)OC(C)(C)C)C1. The van der Waals surface area contributed by atoms with E-state index in [9.17, 15) is 9.59 Å². The molecule has 1 aromatic rings. The second-order valence-electron chi connectivity index (χ2n) is 9.64. The fourth-order valence-corrected chi connectivity index (χ4v) is 3.96. The molecule has 1 aliphatic heterocycles. The predicted octanol–water partition coefficient (Wildman–Crippen LogP) is 4.64. The normalized spacial score (nSPS) is 18.5. The number of hydrogen-bond acceptors (Lipinski definition) is 6. The lowest BCUT2D eigenvalue weighted by atomic mass is 10.1. The van der Waals surface area contributed by atoms with E-state index in [0.29, 0.717) is 45.8 Å². The van der Waals surface area contributed by atoms with Gasteiger partial charge in [0.2, 0.25) is 0 Å². The van der Waals surface area contributed by atoms with Gasteiger partial charge < -0.3 is 19.1 Å². The van der Waals surface area contributed by atoms with E-state index in [0.717, 1.165) is 19.3 Å². The van der Waals surface area contributed by atoms with E-state index >= 15 is 0 Å². The molecule has 0 aliphatic carbocycles. The molecule has 33 heavy (non-hydrogen) atoms. The zero-order valence-corrected chi connectivity index (χ0v) is 21.0. The third-order valence-corrected chi connectivity index (χ3v) is 5.51. The summed E-state index contributed by atoms with van der Waals surface area (Å²) in [5, 5.41) is 0. The first kappa shape index (κ1) is 27.1. The Hall–Kier alpha value is -2.12. The molecule has 0 bridgehead atoms. The Balaban J connectivity index is 2.12. The molecule has 1 aromatic carbocycles. The summed E-state index contributed by atoms with van der Waals surface area (Å²) in [5.74, 6) is -0.202. The highest BCUT2D eigenvalue weighted by Gasteiger charge is 2.38. The van der Waals surface area contributed by atoms with E-state index in [1.54, 1.807) is 0 Å². The van der Waals surface area contributed by atoms with Crippen molar-refractivity contribution in [1.29, 1.82) is 0 Å². The van der Waals surface area contributed by atoms with Crippen LogP contribution in [0.1, 0.15) is 65.9 Å². The molecule has 0 saturated carbocycles. The topological polar surface area (TPSA) is 68.3 Å². The molecule has 1 heterocycles. The number of nitrogens with zero attached hydrogens (tertiary/aromatic N) is 2. The van der Waals surface area contributed by atoms with Gasteiger partial charge >= 0.3 is 12.1 Å². The van der Waals surface area contributed by atoms with Gasteiger partial charge in [-0.3, -0.25) is 9.69 Å². The molecule has 186 valence electrons. The van der Waals surface area contributed by atoms with E-state index in [-0.39, 0.29) is 24.2 Å². The number of ether oxygens (including phenoxy) is 3. The zero-order chi connectivity index (χ0) is 24.3. The number of benzene rings is 1. The van der Waals surface area contributed by atoms with Crippen LogP contribution >= 0.6 is 0 Å². The Labute approximate surface area is 199 Å². The molecule has 0 spiro atoms. The predicted molar refractivity (Wildman–Crippen MR) is 129 cm³/mol.